The highest BCUT2D eigenvalue weighted by molar-refractivity contribution is 7.92. The van der Waals surface area contributed by atoms with Crippen LogP contribution in [0.25, 0.3) is 0 Å². The van der Waals surface area contributed by atoms with Gasteiger partial charge >= 0.3 is 5.97 Å². The number of carboxylic acids is 1. The summed E-state index contributed by atoms with van der Waals surface area (Å²) in [6.07, 6.45) is 0.922. The summed E-state index contributed by atoms with van der Waals surface area (Å²) in [4.78, 5) is 27.1. The highest BCUT2D eigenvalue weighted by Crippen LogP contribution is 2.17. The molecule has 1 aromatic heterocycles. The fourth-order valence-electron chi connectivity index (χ4n) is 1.17. The van der Waals surface area contributed by atoms with Crippen molar-refractivity contribution in [1.29, 1.82) is 0 Å². The van der Waals surface area contributed by atoms with Crippen LogP contribution in [0.1, 0.15) is 5.69 Å². The average Bonchev–Trinajstić information content (AvgIpc) is 2.61. The lowest BCUT2D eigenvalue weighted by molar-refractivity contribution is -0.143. The van der Waals surface area contributed by atoms with Crippen LogP contribution in [0.5, 0.6) is 0 Å². The molecule has 0 fully saturated rings. The summed E-state index contributed by atoms with van der Waals surface area (Å²) in [6, 6.07) is 0. The minimum atomic E-state index is -3.40. The van der Waals surface area contributed by atoms with E-state index in [-0.39, 0.29) is 11.6 Å². The van der Waals surface area contributed by atoms with Crippen molar-refractivity contribution in [2.45, 2.75) is 6.42 Å². The zero-order valence-corrected chi connectivity index (χ0v) is 11.9. The number of carbonyl (C=O) groups excluding carboxylic acids is 1. The lowest BCUT2D eigenvalue weighted by atomic mass is 10.3. The lowest BCUT2D eigenvalue weighted by Gasteiger charge is -2.13. The second kappa shape index (κ2) is 5.97. The Kier molecular flexibility index (Phi) is 4.84. The van der Waals surface area contributed by atoms with Gasteiger partial charge in [0.1, 0.15) is 6.54 Å². The van der Waals surface area contributed by atoms with E-state index in [2.05, 4.69) is 9.71 Å². The molecule has 0 atom stereocenters. The average molecular weight is 307 g/mol. The second-order valence-corrected chi connectivity index (χ2v) is 6.45. The zero-order valence-electron chi connectivity index (χ0n) is 10.3. The fraction of sp³-hybridized carbons (Fsp3) is 0.444. The fourth-order valence-corrected chi connectivity index (χ4v) is 2.74. The summed E-state index contributed by atoms with van der Waals surface area (Å²) in [5.74, 6) is -1.51. The van der Waals surface area contributed by atoms with Crippen molar-refractivity contribution in [3.63, 3.8) is 0 Å². The quantitative estimate of drug-likeness (QED) is 0.738. The van der Waals surface area contributed by atoms with Crippen LogP contribution in [-0.2, 0) is 26.0 Å². The smallest absolute Gasteiger partial charge is 0.323 e. The van der Waals surface area contributed by atoms with Crippen molar-refractivity contribution < 1.29 is 23.1 Å². The third kappa shape index (κ3) is 5.66. The molecule has 106 valence electrons. The Bertz CT molecular complexity index is 580. The van der Waals surface area contributed by atoms with Crippen molar-refractivity contribution in [2.75, 3.05) is 24.6 Å². The van der Waals surface area contributed by atoms with Crippen molar-refractivity contribution in [3.8, 4) is 0 Å². The van der Waals surface area contributed by atoms with Crippen molar-refractivity contribution in [2.24, 2.45) is 0 Å². The van der Waals surface area contributed by atoms with Gasteiger partial charge in [-0.05, 0) is 0 Å². The molecule has 0 bridgehead atoms. The maximum Gasteiger partial charge on any atom is 0.323 e. The molecule has 0 aliphatic rings. The lowest BCUT2D eigenvalue weighted by Crippen LogP contribution is -2.33. The van der Waals surface area contributed by atoms with Gasteiger partial charge in [-0.15, -0.1) is 11.3 Å². The highest BCUT2D eigenvalue weighted by Gasteiger charge is 2.15. The number of anilines is 1. The number of thiazole rings is 1. The topological polar surface area (TPSA) is 117 Å². The molecule has 1 aromatic rings. The third-order valence-electron chi connectivity index (χ3n) is 1.95. The number of likely N-dealkylation sites (N-methyl/N-ethyl adjacent to an activating group) is 1. The van der Waals surface area contributed by atoms with Crippen LogP contribution in [0.4, 0.5) is 5.13 Å². The minimum absolute atomic E-state index is 0.0777. The molecule has 0 aromatic carbocycles. The van der Waals surface area contributed by atoms with E-state index in [1.54, 1.807) is 5.38 Å². The molecule has 0 unspecified atom stereocenters. The molecule has 0 saturated carbocycles. The van der Waals surface area contributed by atoms with E-state index in [0.29, 0.717) is 5.69 Å². The van der Waals surface area contributed by atoms with E-state index in [0.717, 1.165) is 22.5 Å². The van der Waals surface area contributed by atoms with Gasteiger partial charge in [-0.25, -0.2) is 13.4 Å². The first-order valence-electron chi connectivity index (χ1n) is 5.05. The summed E-state index contributed by atoms with van der Waals surface area (Å²) in [5, 5.41) is 10.3. The number of nitrogens with one attached hydrogen (secondary N) is 1. The molecule has 1 rings (SSSR count). The Morgan fingerprint density at radius 2 is 2.16 bits per heavy atom. The molecule has 1 amide bonds. The Morgan fingerprint density at radius 1 is 1.53 bits per heavy atom. The Labute approximate surface area is 114 Å². The second-order valence-electron chi connectivity index (χ2n) is 3.84. The summed E-state index contributed by atoms with van der Waals surface area (Å²) < 4.78 is 24.2. The van der Waals surface area contributed by atoms with E-state index < -0.39 is 28.4 Å². The van der Waals surface area contributed by atoms with Gasteiger partial charge < -0.3 is 10.0 Å². The molecule has 1 heterocycles. The number of nitrogens with zero attached hydrogens (tertiary/aromatic N) is 2. The van der Waals surface area contributed by atoms with E-state index in [9.17, 15) is 18.0 Å². The van der Waals surface area contributed by atoms with Crippen LogP contribution >= 0.6 is 11.3 Å². The molecule has 0 radical (unpaired) electrons. The number of rotatable bonds is 6. The third-order valence-corrected chi connectivity index (χ3v) is 3.45. The monoisotopic (exact) mass is 307 g/mol. The zero-order chi connectivity index (χ0) is 14.6. The van der Waals surface area contributed by atoms with Crippen molar-refractivity contribution in [1.82, 2.24) is 9.88 Å². The van der Waals surface area contributed by atoms with Gasteiger partial charge in [-0.1, -0.05) is 0 Å². The number of amides is 1. The van der Waals surface area contributed by atoms with Gasteiger partial charge in [-0.2, -0.15) is 0 Å². The standard InChI is InChI=1S/C9H13N3O5S2/c1-12(4-8(14)15)7(13)3-6-5-18-9(10-6)11-19(2,16)17/h5H,3-4H2,1-2H3,(H,10,11)(H,14,15). The van der Waals surface area contributed by atoms with Crippen LogP contribution in [0.3, 0.4) is 0 Å². The first kappa shape index (κ1) is 15.4. The van der Waals surface area contributed by atoms with E-state index in [1.165, 1.54) is 7.05 Å². The highest BCUT2D eigenvalue weighted by atomic mass is 32.2. The largest absolute Gasteiger partial charge is 0.480 e. The summed E-state index contributed by atoms with van der Waals surface area (Å²) >= 11 is 1.06. The summed E-state index contributed by atoms with van der Waals surface area (Å²) in [6.45, 7) is -0.391. The number of aromatic nitrogens is 1. The molecule has 0 saturated heterocycles. The number of sulfonamides is 1. The predicted molar refractivity (Wildman–Crippen MR) is 69.6 cm³/mol. The molecule has 0 aliphatic carbocycles. The molecule has 0 spiro atoms. The Balaban J connectivity index is 2.63. The van der Waals surface area contributed by atoms with E-state index in [4.69, 9.17) is 5.11 Å². The van der Waals surface area contributed by atoms with Gasteiger partial charge in [0.15, 0.2) is 5.13 Å². The molecule has 2 N–H and O–H groups in total. The summed E-state index contributed by atoms with van der Waals surface area (Å²) in [7, 11) is -2.03. The predicted octanol–water partition coefficient (Wildman–Crippen LogP) is -0.400. The van der Waals surface area contributed by atoms with Gasteiger partial charge in [0.25, 0.3) is 0 Å². The number of carboxylic acid groups (broad SMARTS) is 1. The van der Waals surface area contributed by atoms with Crippen LogP contribution in [-0.4, -0.2) is 55.1 Å². The number of carbonyl (C=O) groups is 2. The molecule has 10 heteroatoms. The van der Waals surface area contributed by atoms with Crippen LogP contribution in [0, 0.1) is 0 Å². The maximum absolute atomic E-state index is 11.6. The van der Waals surface area contributed by atoms with Crippen molar-refractivity contribution in [3.05, 3.63) is 11.1 Å². The molecule has 8 nitrogen and oxygen atoms in total. The number of hydrogen-bond acceptors (Lipinski definition) is 6. The van der Waals surface area contributed by atoms with Gasteiger partial charge in [-0.3, -0.25) is 14.3 Å². The first-order valence-corrected chi connectivity index (χ1v) is 7.82. The Hall–Kier alpha value is -1.68. The molecular weight excluding hydrogens is 294 g/mol. The van der Waals surface area contributed by atoms with Gasteiger partial charge in [0.05, 0.1) is 18.4 Å². The normalized spacial score (nSPS) is 11.1. The van der Waals surface area contributed by atoms with Crippen molar-refractivity contribution >= 4 is 38.4 Å². The minimum Gasteiger partial charge on any atom is -0.480 e. The molecule has 19 heavy (non-hydrogen) atoms. The SMILES string of the molecule is CN(CC(=O)O)C(=O)Cc1csc(NS(C)(=O)=O)n1. The molecular formula is C9H13N3O5S2. The number of hydrogen-bond donors (Lipinski definition) is 2. The van der Waals surface area contributed by atoms with Crippen LogP contribution in [0.15, 0.2) is 5.38 Å². The molecule has 0 aliphatic heterocycles. The maximum atomic E-state index is 11.6. The van der Waals surface area contributed by atoms with Crippen LogP contribution in [0.2, 0.25) is 0 Å². The number of aliphatic carboxylic acids is 1. The van der Waals surface area contributed by atoms with Gasteiger partial charge in [0.2, 0.25) is 15.9 Å². The first-order chi connectivity index (χ1) is 8.67. The van der Waals surface area contributed by atoms with Gasteiger partial charge in [0, 0.05) is 12.4 Å². The van der Waals surface area contributed by atoms with Crippen LogP contribution < -0.4 is 4.72 Å². The van der Waals surface area contributed by atoms with E-state index in [1.807, 2.05) is 0 Å². The van der Waals surface area contributed by atoms with E-state index >= 15 is 0 Å². The summed E-state index contributed by atoms with van der Waals surface area (Å²) in [5.41, 5.74) is 0.387. The Morgan fingerprint density at radius 3 is 2.68 bits per heavy atom.